The van der Waals surface area contributed by atoms with Crippen molar-refractivity contribution in [2.24, 2.45) is 29.4 Å². The predicted octanol–water partition coefficient (Wildman–Crippen LogP) is 4.56. The number of pyridine rings is 1. The van der Waals surface area contributed by atoms with Crippen LogP contribution in [0.1, 0.15) is 18.3 Å². The van der Waals surface area contributed by atoms with Gasteiger partial charge in [0.15, 0.2) is 11.5 Å². The molecular weight excluding hydrogens is 487 g/mol. The maximum atomic E-state index is 13.8. The molecule has 1 aliphatic rings. The van der Waals surface area contributed by atoms with Crippen molar-refractivity contribution in [3.05, 3.63) is 57.6 Å². The fraction of sp³-hybridized carbons (Fsp3) is 0.350. The first-order valence-corrected chi connectivity index (χ1v) is 11.0. The Morgan fingerprint density at radius 3 is 2.61 bits per heavy atom. The first-order chi connectivity index (χ1) is 15.4. The van der Waals surface area contributed by atoms with E-state index in [9.17, 15) is 22.0 Å². The van der Waals surface area contributed by atoms with E-state index >= 15 is 0 Å². The summed E-state index contributed by atoms with van der Waals surface area (Å²) < 4.78 is 67.4. The number of aryl methyl sites for hydroxylation is 1. The fourth-order valence-corrected chi connectivity index (χ4v) is 4.29. The van der Waals surface area contributed by atoms with Gasteiger partial charge in [-0.05, 0) is 29.7 Å². The zero-order valence-electron chi connectivity index (χ0n) is 17.5. The summed E-state index contributed by atoms with van der Waals surface area (Å²) in [7, 11) is 1.59. The number of dihydropyridines is 1. The number of thioether (sulfide) groups is 1. The minimum Gasteiger partial charge on any atom is -0.404 e. The second kappa shape index (κ2) is 9.34. The molecule has 4 N–H and O–H groups in total. The quantitative estimate of drug-likeness (QED) is 0.340. The maximum absolute atomic E-state index is 13.8. The minimum atomic E-state index is -5.74. The highest BCUT2D eigenvalue weighted by Crippen LogP contribution is 2.44. The summed E-state index contributed by atoms with van der Waals surface area (Å²) in [5.74, 6) is -4.28. The molecule has 0 saturated heterocycles. The largest absolute Gasteiger partial charge is 0.458 e. The predicted molar refractivity (Wildman–Crippen MR) is 120 cm³/mol. The van der Waals surface area contributed by atoms with Crippen molar-refractivity contribution < 1.29 is 22.0 Å². The highest BCUT2D eigenvalue weighted by Gasteiger charge is 2.59. The number of fused-ring (bicyclic) bond motifs is 1. The van der Waals surface area contributed by atoms with Gasteiger partial charge in [-0.2, -0.15) is 22.0 Å². The molecule has 0 spiro atoms. The van der Waals surface area contributed by atoms with Gasteiger partial charge in [0.05, 0.1) is 17.3 Å². The summed E-state index contributed by atoms with van der Waals surface area (Å²) in [4.78, 5) is 13.4. The zero-order chi connectivity index (χ0) is 24.6. The fourth-order valence-electron chi connectivity index (χ4n) is 3.30. The Labute approximate surface area is 195 Å². The van der Waals surface area contributed by atoms with Crippen LogP contribution in [0.3, 0.4) is 0 Å². The number of aromatic nitrogens is 3. The van der Waals surface area contributed by atoms with E-state index in [-0.39, 0.29) is 28.8 Å². The lowest BCUT2D eigenvalue weighted by atomic mass is 9.96. The molecule has 2 aromatic heterocycles. The van der Waals surface area contributed by atoms with Gasteiger partial charge in [0.1, 0.15) is 11.2 Å². The van der Waals surface area contributed by atoms with E-state index in [2.05, 4.69) is 15.0 Å². The average molecular weight is 507 g/mol. The molecule has 2 aromatic rings. The molecule has 0 saturated carbocycles. The molecule has 6 nitrogen and oxygen atoms in total. The van der Waals surface area contributed by atoms with Gasteiger partial charge in [-0.1, -0.05) is 24.6 Å². The topological polar surface area (TPSA) is 95.1 Å². The molecule has 3 heterocycles. The SMILES string of the molecule is CCSC1=CC(C(=C/N)/C=C(\N)Cl)CN=C1c1nc2cc(C(F)(F)C(F)(F)F)cnc2n1C. The van der Waals surface area contributed by atoms with Crippen LogP contribution in [0.2, 0.25) is 0 Å². The lowest BCUT2D eigenvalue weighted by Gasteiger charge is -2.21. The van der Waals surface area contributed by atoms with Crippen LogP contribution < -0.4 is 11.5 Å². The Bertz CT molecular complexity index is 1180. The number of halogens is 6. The van der Waals surface area contributed by atoms with E-state index in [4.69, 9.17) is 23.1 Å². The Morgan fingerprint density at radius 2 is 2.03 bits per heavy atom. The van der Waals surface area contributed by atoms with Gasteiger partial charge in [0.2, 0.25) is 0 Å². The number of alkyl halides is 5. The number of nitrogens with zero attached hydrogens (tertiary/aromatic N) is 4. The Kier molecular flexibility index (Phi) is 7.08. The van der Waals surface area contributed by atoms with Crippen molar-refractivity contribution in [3.63, 3.8) is 0 Å². The van der Waals surface area contributed by atoms with E-state index in [0.29, 0.717) is 35.1 Å². The van der Waals surface area contributed by atoms with Gasteiger partial charge >= 0.3 is 12.1 Å². The molecular formula is C20H20ClF5N6S. The van der Waals surface area contributed by atoms with Crippen LogP contribution in [-0.4, -0.2) is 38.7 Å². The molecule has 0 aliphatic carbocycles. The van der Waals surface area contributed by atoms with Gasteiger partial charge in [-0.15, -0.1) is 11.8 Å². The number of nitrogens with two attached hydrogens (primary N) is 2. The third-order valence-corrected chi connectivity index (χ3v) is 5.93. The highest BCUT2D eigenvalue weighted by atomic mass is 35.5. The highest BCUT2D eigenvalue weighted by molar-refractivity contribution is 8.04. The number of rotatable bonds is 6. The number of hydrogen-bond donors (Lipinski definition) is 2. The van der Waals surface area contributed by atoms with Gasteiger partial charge in [-0.25, -0.2) is 9.97 Å². The molecule has 0 amide bonds. The van der Waals surface area contributed by atoms with Gasteiger partial charge in [0.25, 0.3) is 0 Å². The molecule has 13 heteroatoms. The van der Waals surface area contributed by atoms with Crippen LogP contribution in [0.5, 0.6) is 0 Å². The smallest absolute Gasteiger partial charge is 0.404 e. The lowest BCUT2D eigenvalue weighted by Crippen LogP contribution is -2.33. The lowest BCUT2D eigenvalue weighted by molar-refractivity contribution is -0.289. The van der Waals surface area contributed by atoms with Crippen molar-refractivity contribution in [3.8, 4) is 0 Å². The number of allylic oxidation sites excluding steroid dienone is 2. The Hall–Kier alpha value is -2.60. The Balaban J connectivity index is 2.05. The molecule has 1 aliphatic heterocycles. The van der Waals surface area contributed by atoms with E-state index < -0.39 is 17.7 Å². The standard InChI is InChI=1S/C20H20ClF5N6S/c1-3-33-14-4-11(10(7-27)5-15(21)28)8-29-16(14)18-31-13-6-12(9-30-17(13)32(18)2)19(22,23)20(24,25)26/h4-7,9,11H,3,8,27-28H2,1-2H3/b10-7+,15-5-. The van der Waals surface area contributed by atoms with Crippen LogP contribution in [0, 0.1) is 5.92 Å². The molecule has 0 aromatic carbocycles. The van der Waals surface area contributed by atoms with Crippen molar-refractivity contribution >= 4 is 40.2 Å². The number of aliphatic imine (C=N–C) groups is 1. The summed E-state index contributed by atoms with van der Waals surface area (Å²) in [6, 6.07) is 0.700. The average Bonchev–Trinajstić information content (AvgIpc) is 3.07. The van der Waals surface area contributed by atoms with E-state index in [1.165, 1.54) is 28.6 Å². The molecule has 0 radical (unpaired) electrons. The molecule has 3 rings (SSSR count). The zero-order valence-corrected chi connectivity index (χ0v) is 19.1. The Morgan fingerprint density at radius 1 is 1.33 bits per heavy atom. The summed E-state index contributed by atoms with van der Waals surface area (Å²) >= 11 is 7.24. The van der Waals surface area contributed by atoms with Crippen LogP contribution >= 0.6 is 23.4 Å². The summed E-state index contributed by atoms with van der Waals surface area (Å²) in [5.41, 5.74) is 11.2. The van der Waals surface area contributed by atoms with Crippen LogP contribution in [0.4, 0.5) is 22.0 Å². The van der Waals surface area contributed by atoms with Crippen molar-refractivity contribution in [2.75, 3.05) is 12.3 Å². The minimum absolute atomic E-state index is 0.0625. The van der Waals surface area contributed by atoms with E-state index in [0.717, 1.165) is 4.91 Å². The van der Waals surface area contributed by atoms with Crippen molar-refractivity contribution in [1.82, 2.24) is 14.5 Å². The number of hydrogen-bond acceptors (Lipinski definition) is 6. The number of imidazole rings is 1. The maximum Gasteiger partial charge on any atom is 0.458 e. The summed E-state index contributed by atoms with van der Waals surface area (Å²) in [6.45, 7) is 2.21. The summed E-state index contributed by atoms with van der Waals surface area (Å²) in [5, 5.41) is 0.0625. The first kappa shape index (κ1) is 25.0. The van der Waals surface area contributed by atoms with Crippen LogP contribution in [-0.2, 0) is 13.0 Å². The molecule has 0 fully saturated rings. The van der Waals surface area contributed by atoms with Gasteiger partial charge in [-0.3, -0.25) is 4.99 Å². The molecule has 178 valence electrons. The van der Waals surface area contributed by atoms with E-state index in [1.807, 2.05) is 13.0 Å². The van der Waals surface area contributed by atoms with Crippen LogP contribution in [0.15, 0.2) is 51.2 Å². The summed E-state index contributed by atoms with van der Waals surface area (Å²) in [6.07, 6.45) is -0.406. The normalized spacial score (nSPS) is 18.5. The first-order valence-electron chi connectivity index (χ1n) is 9.62. The third kappa shape index (κ3) is 4.86. The van der Waals surface area contributed by atoms with Crippen molar-refractivity contribution in [2.45, 2.75) is 19.0 Å². The van der Waals surface area contributed by atoms with Crippen molar-refractivity contribution in [1.29, 1.82) is 0 Å². The van der Waals surface area contributed by atoms with Gasteiger partial charge < -0.3 is 16.0 Å². The van der Waals surface area contributed by atoms with E-state index in [1.54, 1.807) is 7.05 Å². The molecule has 1 atom stereocenters. The second-order valence-corrected chi connectivity index (χ2v) is 8.83. The third-order valence-electron chi connectivity index (χ3n) is 4.90. The monoisotopic (exact) mass is 506 g/mol. The van der Waals surface area contributed by atoms with Gasteiger partial charge in [0, 0.05) is 24.1 Å². The molecule has 1 unspecified atom stereocenters. The second-order valence-electron chi connectivity index (χ2n) is 7.09. The molecule has 0 bridgehead atoms. The van der Waals surface area contributed by atoms with Crippen LogP contribution in [0.25, 0.3) is 11.2 Å². The molecule has 33 heavy (non-hydrogen) atoms.